The predicted molar refractivity (Wildman–Crippen MR) is 65.8 cm³/mol. The van der Waals surface area contributed by atoms with Crippen molar-refractivity contribution < 1.29 is 0 Å². The third-order valence-electron chi connectivity index (χ3n) is 3.79. The van der Waals surface area contributed by atoms with Crippen molar-refractivity contribution in [2.45, 2.75) is 70.8 Å². The Labute approximate surface area is 98.0 Å². The lowest BCUT2D eigenvalue weighted by Gasteiger charge is -2.23. The highest BCUT2D eigenvalue weighted by Gasteiger charge is 2.34. The van der Waals surface area contributed by atoms with Gasteiger partial charge < -0.3 is 0 Å². The van der Waals surface area contributed by atoms with Crippen molar-refractivity contribution in [2.24, 2.45) is 0 Å². The lowest BCUT2D eigenvalue weighted by atomic mass is 9.84. The van der Waals surface area contributed by atoms with Crippen molar-refractivity contribution in [1.29, 1.82) is 0 Å². The van der Waals surface area contributed by atoms with Gasteiger partial charge in [0.2, 0.25) is 0 Å². The summed E-state index contributed by atoms with van der Waals surface area (Å²) in [4.78, 5) is 0. The normalized spacial score (nSPS) is 20.9. The monoisotopic (exact) mass is 218 g/mol. The second-order valence-electron chi connectivity index (χ2n) is 6.41. The van der Waals surface area contributed by atoms with Crippen LogP contribution in [0.4, 0.5) is 0 Å². The van der Waals surface area contributed by atoms with Crippen molar-refractivity contribution in [3.8, 4) is 0 Å². The van der Waals surface area contributed by atoms with Gasteiger partial charge in [0.05, 0.1) is 11.7 Å². The summed E-state index contributed by atoms with van der Waals surface area (Å²) in [5, 5.41) is 4.90. The number of hydrogen-bond acceptors (Lipinski definition) is 1. The molecule has 2 aliphatic rings. The molecule has 0 aromatic carbocycles. The minimum absolute atomic E-state index is 0.251. The summed E-state index contributed by atoms with van der Waals surface area (Å²) in [6.45, 7) is 6.99. The van der Waals surface area contributed by atoms with Gasteiger partial charge in [-0.3, -0.25) is 4.68 Å². The van der Waals surface area contributed by atoms with Crippen molar-refractivity contribution in [2.75, 3.05) is 0 Å². The molecule has 0 unspecified atom stereocenters. The fourth-order valence-electron chi connectivity index (χ4n) is 2.95. The highest BCUT2D eigenvalue weighted by Crippen LogP contribution is 2.41. The Hall–Kier alpha value is -0.790. The number of fused-ring (bicyclic) bond motifs is 1. The number of hydrogen-bond donors (Lipinski definition) is 0. The van der Waals surface area contributed by atoms with Crippen LogP contribution in [0.15, 0.2) is 0 Å². The first-order chi connectivity index (χ1) is 7.57. The Kier molecular flexibility index (Phi) is 2.17. The fraction of sp³-hybridized carbons (Fsp3) is 0.786. The summed E-state index contributed by atoms with van der Waals surface area (Å²) in [5.74, 6) is 0. The van der Waals surface area contributed by atoms with E-state index in [2.05, 4.69) is 25.5 Å². The molecule has 0 atom stereocenters. The third-order valence-corrected chi connectivity index (χ3v) is 3.79. The summed E-state index contributed by atoms with van der Waals surface area (Å²) >= 11 is 0. The van der Waals surface area contributed by atoms with Crippen molar-refractivity contribution in [1.82, 2.24) is 9.78 Å². The van der Waals surface area contributed by atoms with Crippen LogP contribution in [0.25, 0.3) is 0 Å². The number of nitrogens with zero attached hydrogens (tertiary/aromatic N) is 2. The molecule has 0 N–H and O–H groups in total. The molecule has 1 aromatic rings. The van der Waals surface area contributed by atoms with E-state index in [0.717, 1.165) is 6.04 Å². The molecule has 1 heterocycles. The van der Waals surface area contributed by atoms with Crippen LogP contribution in [0.2, 0.25) is 0 Å². The van der Waals surface area contributed by atoms with Gasteiger partial charge in [-0.15, -0.1) is 0 Å². The molecule has 2 heteroatoms. The highest BCUT2D eigenvalue weighted by molar-refractivity contribution is 5.34. The van der Waals surface area contributed by atoms with E-state index in [9.17, 15) is 0 Å². The topological polar surface area (TPSA) is 17.8 Å². The van der Waals surface area contributed by atoms with Crippen LogP contribution in [0.5, 0.6) is 0 Å². The van der Waals surface area contributed by atoms with Crippen LogP contribution in [0.3, 0.4) is 0 Å². The summed E-state index contributed by atoms with van der Waals surface area (Å²) in [5.41, 5.74) is 4.78. The fourth-order valence-corrected chi connectivity index (χ4v) is 2.95. The quantitative estimate of drug-likeness (QED) is 0.706. The summed E-state index contributed by atoms with van der Waals surface area (Å²) < 4.78 is 2.37. The average molecular weight is 218 g/mol. The standard InChI is InChI=1S/C14H22N2/c1-14(2,3)13-11-6-4-5-7-12(11)15-16(13)10-8-9-10/h10H,4-9H2,1-3H3. The SMILES string of the molecule is CC(C)(C)c1c2c(nn1C1CC1)CCCC2. The molecule has 3 rings (SSSR count). The number of aryl methyl sites for hydroxylation is 1. The minimum Gasteiger partial charge on any atom is -0.265 e. The first-order valence-electron chi connectivity index (χ1n) is 6.68. The van der Waals surface area contributed by atoms with Crippen molar-refractivity contribution >= 4 is 0 Å². The van der Waals surface area contributed by atoms with Gasteiger partial charge in [0.1, 0.15) is 0 Å². The zero-order valence-electron chi connectivity index (χ0n) is 10.7. The van der Waals surface area contributed by atoms with E-state index >= 15 is 0 Å². The van der Waals surface area contributed by atoms with E-state index in [-0.39, 0.29) is 5.41 Å². The molecule has 0 radical (unpaired) electrons. The van der Waals surface area contributed by atoms with Crippen LogP contribution in [-0.4, -0.2) is 9.78 Å². The molecule has 16 heavy (non-hydrogen) atoms. The van der Waals surface area contributed by atoms with Gasteiger partial charge >= 0.3 is 0 Å². The molecule has 1 fully saturated rings. The number of rotatable bonds is 1. The van der Waals surface area contributed by atoms with Crippen LogP contribution in [-0.2, 0) is 18.3 Å². The van der Waals surface area contributed by atoms with Gasteiger partial charge in [-0.05, 0) is 44.1 Å². The molecule has 0 aliphatic heterocycles. The number of aromatic nitrogens is 2. The summed E-state index contributed by atoms with van der Waals surface area (Å²) in [6.07, 6.45) is 7.82. The second-order valence-corrected chi connectivity index (χ2v) is 6.41. The first kappa shape index (κ1) is 10.4. The first-order valence-corrected chi connectivity index (χ1v) is 6.68. The zero-order chi connectivity index (χ0) is 11.3. The lowest BCUT2D eigenvalue weighted by Crippen LogP contribution is -2.20. The zero-order valence-corrected chi connectivity index (χ0v) is 10.7. The summed E-state index contributed by atoms with van der Waals surface area (Å²) in [6, 6.07) is 0.722. The molecule has 1 saturated carbocycles. The Morgan fingerprint density at radius 3 is 2.44 bits per heavy atom. The van der Waals surface area contributed by atoms with Gasteiger partial charge in [-0.1, -0.05) is 20.8 Å². The van der Waals surface area contributed by atoms with E-state index in [1.807, 2.05) is 0 Å². The lowest BCUT2D eigenvalue weighted by molar-refractivity contribution is 0.486. The Morgan fingerprint density at radius 1 is 1.12 bits per heavy atom. The molecule has 1 aromatic heterocycles. The Bertz CT molecular complexity index is 405. The maximum atomic E-state index is 4.90. The summed E-state index contributed by atoms with van der Waals surface area (Å²) in [7, 11) is 0. The molecule has 88 valence electrons. The third kappa shape index (κ3) is 1.59. The highest BCUT2D eigenvalue weighted by atomic mass is 15.3. The maximum absolute atomic E-state index is 4.90. The molecule has 0 bridgehead atoms. The maximum Gasteiger partial charge on any atom is 0.0659 e. The van der Waals surface area contributed by atoms with Gasteiger partial charge in [-0.25, -0.2) is 0 Å². The van der Waals surface area contributed by atoms with Crippen molar-refractivity contribution in [3.63, 3.8) is 0 Å². The molecule has 2 aliphatic carbocycles. The Morgan fingerprint density at radius 2 is 1.81 bits per heavy atom. The molecular formula is C14H22N2. The molecule has 0 spiro atoms. The molecule has 0 amide bonds. The largest absolute Gasteiger partial charge is 0.265 e. The smallest absolute Gasteiger partial charge is 0.0659 e. The predicted octanol–water partition coefficient (Wildman–Crippen LogP) is 3.39. The van der Waals surface area contributed by atoms with Crippen molar-refractivity contribution in [3.05, 3.63) is 17.0 Å². The Balaban J connectivity index is 2.13. The van der Waals surface area contributed by atoms with E-state index in [1.165, 1.54) is 49.9 Å². The van der Waals surface area contributed by atoms with Crippen LogP contribution < -0.4 is 0 Å². The molecular weight excluding hydrogens is 196 g/mol. The van der Waals surface area contributed by atoms with Crippen LogP contribution in [0, 0.1) is 0 Å². The van der Waals surface area contributed by atoms with Gasteiger partial charge in [0.15, 0.2) is 0 Å². The van der Waals surface area contributed by atoms with E-state index in [1.54, 1.807) is 5.56 Å². The minimum atomic E-state index is 0.251. The van der Waals surface area contributed by atoms with E-state index in [0.29, 0.717) is 0 Å². The van der Waals surface area contributed by atoms with Crippen LogP contribution >= 0.6 is 0 Å². The molecule has 0 saturated heterocycles. The van der Waals surface area contributed by atoms with Gasteiger partial charge in [0.25, 0.3) is 0 Å². The van der Waals surface area contributed by atoms with Crippen LogP contribution in [0.1, 0.15) is 69.4 Å². The van der Waals surface area contributed by atoms with E-state index < -0.39 is 0 Å². The van der Waals surface area contributed by atoms with Gasteiger partial charge in [-0.2, -0.15) is 5.10 Å². The van der Waals surface area contributed by atoms with Gasteiger partial charge in [0, 0.05) is 11.1 Å². The second kappa shape index (κ2) is 3.35. The van der Waals surface area contributed by atoms with E-state index in [4.69, 9.17) is 5.10 Å². The average Bonchev–Trinajstić information content (AvgIpc) is 2.96. The molecule has 2 nitrogen and oxygen atoms in total.